The number of likely N-dealkylation sites (N-methyl/N-ethyl adjacent to an activating group) is 1. The van der Waals surface area contributed by atoms with Gasteiger partial charge in [-0.15, -0.1) is 12.4 Å². The quantitative estimate of drug-likeness (QED) is 0.859. The van der Waals surface area contributed by atoms with E-state index >= 15 is 0 Å². The summed E-state index contributed by atoms with van der Waals surface area (Å²) in [5.74, 6) is 0.668. The van der Waals surface area contributed by atoms with Crippen molar-refractivity contribution in [3.05, 3.63) is 29.8 Å². The van der Waals surface area contributed by atoms with E-state index in [0.717, 1.165) is 12.3 Å². The molecule has 1 aromatic rings. The Morgan fingerprint density at radius 1 is 1.39 bits per heavy atom. The van der Waals surface area contributed by atoms with E-state index in [2.05, 4.69) is 5.32 Å². The van der Waals surface area contributed by atoms with Crippen molar-refractivity contribution in [2.24, 2.45) is 0 Å². The van der Waals surface area contributed by atoms with Crippen LogP contribution in [0, 0.1) is 0 Å². The van der Waals surface area contributed by atoms with Crippen LogP contribution in [0.4, 0.5) is 0 Å². The lowest BCUT2D eigenvalue weighted by Crippen LogP contribution is -2.31. The number of nitrogens with zero attached hydrogens (tertiary/aromatic N) is 1. The highest BCUT2D eigenvalue weighted by molar-refractivity contribution is 5.94. The number of nitrogens with one attached hydrogen (secondary N) is 1. The van der Waals surface area contributed by atoms with Crippen molar-refractivity contribution in [3.8, 4) is 5.75 Å². The lowest BCUT2D eigenvalue weighted by Gasteiger charge is -2.11. The van der Waals surface area contributed by atoms with Crippen molar-refractivity contribution in [3.63, 3.8) is 0 Å². The summed E-state index contributed by atoms with van der Waals surface area (Å²) in [6, 6.07) is 7.22. The molecule has 1 aromatic carbocycles. The second-order valence-corrected chi connectivity index (χ2v) is 4.02. The molecule has 0 aromatic heterocycles. The molecule has 102 valence electrons. The van der Waals surface area contributed by atoms with Crippen molar-refractivity contribution in [1.82, 2.24) is 10.2 Å². The molecule has 0 spiro atoms. The predicted octanol–water partition coefficient (Wildman–Crippen LogP) is 1.80. The van der Waals surface area contributed by atoms with Gasteiger partial charge in [-0.25, -0.2) is 0 Å². The first-order valence-corrected chi connectivity index (χ1v) is 5.79. The normalized spacial score (nSPS) is 9.78. The Labute approximate surface area is 115 Å². The van der Waals surface area contributed by atoms with Crippen LogP contribution in [0.3, 0.4) is 0 Å². The molecule has 0 saturated carbocycles. The van der Waals surface area contributed by atoms with Gasteiger partial charge in [0.25, 0.3) is 5.91 Å². The molecule has 0 bridgehead atoms. The Morgan fingerprint density at radius 2 is 2.11 bits per heavy atom. The van der Waals surface area contributed by atoms with Gasteiger partial charge in [0.2, 0.25) is 0 Å². The highest BCUT2D eigenvalue weighted by Crippen LogP contribution is 2.12. The third-order valence-electron chi connectivity index (χ3n) is 2.25. The van der Waals surface area contributed by atoms with Gasteiger partial charge in [-0.2, -0.15) is 0 Å². The fourth-order valence-electron chi connectivity index (χ4n) is 1.39. The Morgan fingerprint density at radius 3 is 2.72 bits per heavy atom. The molecule has 0 fully saturated rings. The number of ether oxygens (including phenoxy) is 1. The molecule has 0 heterocycles. The fourth-order valence-corrected chi connectivity index (χ4v) is 1.39. The SMILES string of the molecule is CCOc1cccc(C(=O)NCCN(C)C)c1.Cl. The van der Waals surface area contributed by atoms with Crippen molar-refractivity contribution in [2.75, 3.05) is 33.8 Å². The molecule has 4 nitrogen and oxygen atoms in total. The van der Waals surface area contributed by atoms with Crippen LogP contribution in [0.25, 0.3) is 0 Å². The standard InChI is InChI=1S/C13H20N2O2.ClH/c1-4-17-12-7-5-6-11(10-12)13(16)14-8-9-15(2)3;/h5-7,10H,4,8-9H2,1-3H3,(H,14,16);1H. The van der Waals surface area contributed by atoms with E-state index in [9.17, 15) is 4.79 Å². The van der Waals surface area contributed by atoms with E-state index in [1.807, 2.05) is 38.1 Å². The number of hydrogen-bond donors (Lipinski definition) is 1. The van der Waals surface area contributed by atoms with Gasteiger partial charge in [-0.05, 0) is 39.2 Å². The number of carbonyl (C=O) groups excluding carboxylic acids is 1. The lowest BCUT2D eigenvalue weighted by atomic mass is 10.2. The Bertz CT molecular complexity index is 370. The molecule has 0 aliphatic heterocycles. The van der Waals surface area contributed by atoms with Gasteiger partial charge in [-0.3, -0.25) is 4.79 Å². The van der Waals surface area contributed by atoms with E-state index in [1.54, 1.807) is 12.1 Å². The first-order valence-electron chi connectivity index (χ1n) is 5.79. The molecule has 0 aliphatic carbocycles. The van der Waals surface area contributed by atoms with Crippen LogP contribution in [-0.4, -0.2) is 44.6 Å². The molecular weight excluding hydrogens is 252 g/mol. The average molecular weight is 273 g/mol. The van der Waals surface area contributed by atoms with Crippen molar-refractivity contribution < 1.29 is 9.53 Å². The van der Waals surface area contributed by atoms with E-state index in [0.29, 0.717) is 18.7 Å². The number of carbonyl (C=O) groups is 1. The van der Waals surface area contributed by atoms with Crippen LogP contribution in [0.2, 0.25) is 0 Å². The third kappa shape index (κ3) is 5.89. The molecular formula is C13H21ClN2O2. The van der Waals surface area contributed by atoms with Crippen LogP contribution < -0.4 is 10.1 Å². The fraction of sp³-hybridized carbons (Fsp3) is 0.462. The second-order valence-electron chi connectivity index (χ2n) is 4.02. The Hall–Kier alpha value is -1.26. The van der Waals surface area contributed by atoms with Crippen LogP contribution in [0.15, 0.2) is 24.3 Å². The molecule has 18 heavy (non-hydrogen) atoms. The maximum Gasteiger partial charge on any atom is 0.251 e. The summed E-state index contributed by atoms with van der Waals surface area (Å²) in [5, 5.41) is 2.86. The van der Waals surface area contributed by atoms with Crippen molar-refractivity contribution in [2.45, 2.75) is 6.92 Å². The summed E-state index contributed by atoms with van der Waals surface area (Å²) in [5.41, 5.74) is 0.634. The topological polar surface area (TPSA) is 41.6 Å². The Kier molecular flexibility index (Phi) is 8.16. The average Bonchev–Trinajstić information content (AvgIpc) is 2.29. The third-order valence-corrected chi connectivity index (χ3v) is 2.25. The summed E-state index contributed by atoms with van der Waals surface area (Å²) in [6.45, 7) is 4.00. The van der Waals surface area contributed by atoms with Gasteiger partial charge in [0.05, 0.1) is 6.61 Å². The minimum atomic E-state index is -0.0617. The van der Waals surface area contributed by atoms with Crippen LogP contribution in [0.5, 0.6) is 5.75 Å². The molecule has 0 atom stereocenters. The van der Waals surface area contributed by atoms with Gasteiger partial charge < -0.3 is 15.0 Å². The van der Waals surface area contributed by atoms with Gasteiger partial charge in [-0.1, -0.05) is 6.07 Å². The number of rotatable bonds is 6. The molecule has 1 rings (SSSR count). The molecule has 0 aliphatic rings. The maximum absolute atomic E-state index is 11.8. The molecule has 0 unspecified atom stereocenters. The van der Waals surface area contributed by atoms with Gasteiger partial charge in [0.15, 0.2) is 0 Å². The van der Waals surface area contributed by atoms with E-state index in [-0.39, 0.29) is 18.3 Å². The number of amides is 1. The minimum Gasteiger partial charge on any atom is -0.494 e. The maximum atomic E-state index is 11.8. The molecule has 1 N–H and O–H groups in total. The van der Waals surface area contributed by atoms with Gasteiger partial charge >= 0.3 is 0 Å². The zero-order valence-electron chi connectivity index (χ0n) is 11.1. The van der Waals surface area contributed by atoms with Crippen LogP contribution in [0.1, 0.15) is 17.3 Å². The zero-order chi connectivity index (χ0) is 12.7. The van der Waals surface area contributed by atoms with Crippen molar-refractivity contribution in [1.29, 1.82) is 0 Å². The van der Waals surface area contributed by atoms with Crippen LogP contribution in [-0.2, 0) is 0 Å². The highest BCUT2D eigenvalue weighted by Gasteiger charge is 2.05. The van der Waals surface area contributed by atoms with E-state index < -0.39 is 0 Å². The second kappa shape index (κ2) is 8.78. The van der Waals surface area contributed by atoms with E-state index in [1.165, 1.54) is 0 Å². The monoisotopic (exact) mass is 272 g/mol. The lowest BCUT2D eigenvalue weighted by molar-refractivity contribution is 0.0950. The van der Waals surface area contributed by atoms with Gasteiger partial charge in [0.1, 0.15) is 5.75 Å². The molecule has 0 saturated heterocycles. The first kappa shape index (κ1) is 16.7. The summed E-state index contributed by atoms with van der Waals surface area (Å²) in [4.78, 5) is 13.8. The van der Waals surface area contributed by atoms with Crippen LogP contribution >= 0.6 is 12.4 Å². The molecule has 5 heteroatoms. The molecule has 0 radical (unpaired) electrons. The number of hydrogen-bond acceptors (Lipinski definition) is 3. The summed E-state index contributed by atoms with van der Waals surface area (Å²) < 4.78 is 5.35. The predicted molar refractivity (Wildman–Crippen MR) is 75.7 cm³/mol. The smallest absolute Gasteiger partial charge is 0.251 e. The minimum absolute atomic E-state index is 0. The highest BCUT2D eigenvalue weighted by atomic mass is 35.5. The number of benzene rings is 1. The Balaban J connectivity index is 0.00000289. The first-order chi connectivity index (χ1) is 8.13. The van der Waals surface area contributed by atoms with Gasteiger partial charge in [0, 0.05) is 18.7 Å². The zero-order valence-corrected chi connectivity index (χ0v) is 11.9. The number of halogens is 1. The summed E-state index contributed by atoms with van der Waals surface area (Å²) in [7, 11) is 3.95. The summed E-state index contributed by atoms with van der Waals surface area (Å²) >= 11 is 0. The molecule has 1 amide bonds. The summed E-state index contributed by atoms with van der Waals surface area (Å²) in [6.07, 6.45) is 0. The van der Waals surface area contributed by atoms with Crippen molar-refractivity contribution >= 4 is 18.3 Å². The largest absolute Gasteiger partial charge is 0.494 e. The van der Waals surface area contributed by atoms with E-state index in [4.69, 9.17) is 4.74 Å².